The van der Waals surface area contributed by atoms with Crippen molar-refractivity contribution in [1.82, 2.24) is 10.2 Å². The van der Waals surface area contributed by atoms with E-state index in [1.54, 1.807) is 0 Å². The van der Waals surface area contributed by atoms with Crippen molar-refractivity contribution in [1.29, 1.82) is 0 Å². The van der Waals surface area contributed by atoms with Crippen molar-refractivity contribution in [3.8, 4) is 12.3 Å². The summed E-state index contributed by atoms with van der Waals surface area (Å²) in [6.07, 6.45) is 15.6. The van der Waals surface area contributed by atoms with Gasteiger partial charge in [-0.05, 0) is 25.7 Å². The van der Waals surface area contributed by atoms with E-state index in [-0.39, 0.29) is 11.6 Å². The maximum absolute atomic E-state index is 12.1. The van der Waals surface area contributed by atoms with Crippen molar-refractivity contribution in [2.24, 2.45) is 10.2 Å². The first-order valence-corrected chi connectivity index (χ1v) is 9.12. The van der Waals surface area contributed by atoms with Crippen molar-refractivity contribution < 1.29 is 4.79 Å². The summed E-state index contributed by atoms with van der Waals surface area (Å²) in [5, 5.41) is 11.4. The molecular weight excluding hydrogens is 288 g/mol. The molecule has 3 aliphatic rings. The fraction of sp³-hybridized carbons (Fsp3) is 0.833. The van der Waals surface area contributed by atoms with Crippen molar-refractivity contribution in [2.45, 2.75) is 82.0 Å². The van der Waals surface area contributed by atoms with Crippen LogP contribution in [0.1, 0.15) is 64.2 Å². The number of amides is 1. The number of carbonyl (C=O) groups is 1. The normalized spacial score (nSPS) is 24.5. The zero-order chi connectivity index (χ0) is 16.1. The zero-order valence-electron chi connectivity index (χ0n) is 14.0. The van der Waals surface area contributed by atoms with Gasteiger partial charge in [0.1, 0.15) is 0 Å². The van der Waals surface area contributed by atoms with E-state index < -0.39 is 0 Å². The summed E-state index contributed by atoms with van der Waals surface area (Å²) in [4.78, 5) is 14.8. The van der Waals surface area contributed by atoms with Crippen molar-refractivity contribution >= 4 is 5.91 Å². The Balaban J connectivity index is 1.32. The lowest BCUT2D eigenvalue weighted by atomic mass is 10.00. The average Bonchev–Trinajstić information content (AvgIpc) is 3.12. The number of carbonyl (C=O) groups excluding carboxylic acids is 1. The Hall–Kier alpha value is -1.41. The summed E-state index contributed by atoms with van der Waals surface area (Å²) in [5.74, 6) is 2.76. The van der Waals surface area contributed by atoms with Gasteiger partial charge < -0.3 is 10.2 Å². The highest BCUT2D eigenvalue weighted by Crippen LogP contribution is 2.37. The maximum Gasteiger partial charge on any atom is 0.220 e. The minimum absolute atomic E-state index is 0.140. The highest BCUT2D eigenvalue weighted by atomic mass is 16.1. The lowest BCUT2D eigenvalue weighted by molar-refractivity contribution is -0.122. The Bertz CT molecular complexity index is 476. The number of nitrogens with one attached hydrogen (secondary N) is 1. The molecule has 1 N–H and O–H groups in total. The minimum Gasteiger partial charge on any atom is -0.353 e. The maximum atomic E-state index is 12.1. The molecule has 3 rings (SSSR count). The number of likely N-dealkylation sites (tertiary alicyclic amines) is 1. The van der Waals surface area contributed by atoms with Gasteiger partial charge in [0.15, 0.2) is 5.66 Å². The number of piperidine rings is 1. The topological polar surface area (TPSA) is 57.1 Å². The molecule has 5 heteroatoms. The summed E-state index contributed by atoms with van der Waals surface area (Å²) in [5.41, 5.74) is -0.338. The summed E-state index contributed by atoms with van der Waals surface area (Å²) >= 11 is 0. The second-order valence-electron chi connectivity index (χ2n) is 7.20. The third kappa shape index (κ3) is 4.54. The Morgan fingerprint density at radius 2 is 1.87 bits per heavy atom. The molecule has 0 bridgehead atoms. The summed E-state index contributed by atoms with van der Waals surface area (Å²) in [7, 11) is 0. The molecule has 2 aliphatic heterocycles. The van der Waals surface area contributed by atoms with Crippen molar-refractivity contribution in [3.63, 3.8) is 0 Å². The lowest BCUT2D eigenvalue weighted by Gasteiger charge is -2.36. The molecule has 0 aromatic heterocycles. The molecule has 0 spiro atoms. The third-order valence-electron chi connectivity index (χ3n) is 5.54. The van der Waals surface area contributed by atoms with Crippen LogP contribution in [0.5, 0.6) is 0 Å². The molecule has 126 valence electrons. The summed E-state index contributed by atoms with van der Waals surface area (Å²) in [6, 6.07) is 1.15. The Morgan fingerprint density at radius 3 is 2.48 bits per heavy atom. The van der Waals surface area contributed by atoms with Crippen molar-refractivity contribution in [3.05, 3.63) is 0 Å². The van der Waals surface area contributed by atoms with Gasteiger partial charge in [0.05, 0.1) is 0 Å². The van der Waals surface area contributed by atoms with Gasteiger partial charge in [0.2, 0.25) is 5.91 Å². The van der Waals surface area contributed by atoms with Gasteiger partial charge in [-0.1, -0.05) is 12.8 Å². The molecule has 0 aromatic carbocycles. The third-order valence-corrected chi connectivity index (χ3v) is 5.54. The van der Waals surface area contributed by atoms with E-state index in [0.29, 0.717) is 25.3 Å². The van der Waals surface area contributed by atoms with E-state index in [0.717, 1.165) is 38.4 Å². The number of rotatable bonds is 7. The van der Waals surface area contributed by atoms with Crippen LogP contribution in [0.3, 0.4) is 0 Å². The molecule has 23 heavy (non-hydrogen) atoms. The van der Waals surface area contributed by atoms with Gasteiger partial charge in [0.25, 0.3) is 0 Å². The van der Waals surface area contributed by atoms with Gasteiger partial charge in [-0.2, -0.15) is 10.2 Å². The van der Waals surface area contributed by atoms with Crippen LogP contribution in [0.4, 0.5) is 0 Å². The second kappa shape index (κ2) is 7.44. The average molecular weight is 316 g/mol. The number of hydrogen-bond donors (Lipinski definition) is 1. The predicted octanol–water partition coefficient (Wildman–Crippen LogP) is 2.87. The van der Waals surface area contributed by atoms with Crippen molar-refractivity contribution in [2.75, 3.05) is 13.1 Å². The molecule has 1 aliphatic carbocycles. The smallest absolute Gasteiger partial charge is 0.220 e. The summed E-state index contributed by atoms with van der Waals surface area (Å²) < 4.78 is 0. The van der Waals surface area contributed by atoms with Crippen LogP contribution in [0.2, 0.25) is 0 Å². The van der Waals surface area contributed by atoms with E-state index in [9.17, 15) is 4.79 Å². The fourth-order valence-electron chi connectivity index (χ4n) is 3.96. The first-order chi connectivity index (χ1) is 11.2. The number of hydrogen-bond acceptors (Lipinski definition) is 4. The molecule has 1 amide bonds. The lowest BCUT2D eigenvalue weighted by Crippen LogP contribution is -2.47. The Labute approximate surface area is 139 Å². The van der Waals surface area contributed by atoms with E-state index in [1.807, 2.05) is 0 Å². The standard InChI is InChI=1S/C18H28N4O/c1-2-3-11-18(20-21-18)12-8-17(23)19-15-9-13-22(14-10-15)16-6-4-5-7-16/h1,15-16H,3-14H2,(H,19,23). The van der Waals surface area contributed by atoms with Gasteiger partial charge in [0, 0.05) is 50.9 Å². The SMILES string of the molecule is C#CCCC1(CCC(=O)NC2CCN(C3CCCC3)CC2)N=N1. The minimum atomic E-state index is -0.338. The molecule has 0 radical (unpaired) electrons. The molecule has 2 heterocycles. The predicted molar refractivity (Wildman–Crippen MR) is 89.9 cm³/mol. The molecule has 5 nitrogen and oxygen atoms in total. The van der Waals surface area contributed by atoms with Crippen LogP contribution in [-0.4, -0.2) is 41.6 Å². The van der Waals surface area contributed by atoms with Gasteiger partial charge in [-0.15, -0.1) is 12.3 Å². The zero-order valence-corrected chi connectivity index (χ0v) is 14.0. The highest BCUT2D eigenvalue weighted by Gasteiger charge is 2.39. The van der Waals surface area contributed by atoms with Crippen LogP contribution in [0.15, 0.2) is 10.2 Å². The highest BCUT2D eigenvalue weighted by molar-refractivity contribution is 5.76. The number of terminal acetylenes is 1. The van der Waals surface area contributed by atoms with Crippen LogP contribution in [0, 0.1) is 12.3 Å². The Morgan fingerprint density at radius 1 is 1.17 bits per heavy atom. The fourth-order valence-corrected chi connectivity index (χ4v) is 3.96. The monoisotopic (exact) mass is 316 g/mol. The first kappa shape index (κ1) is 16.4. The molecule has 0 aromatic rings. The van der Waals surface area contributed by atoms with Gasteiger partial charge in [-0.25, -0.2) is 0 Å². The largest absolute Gasteiger partial charge is 0.353 e. The van der Waals surface area contributed by atoms with E-state index >= 15 is 0 Å². The second-order valence-corrected chi connectivity index (χ2v) is 7.20. The van der Waals surface area contributed by atoms with E-state index in [4.69, 9.17) is 6.42 Å². The number of nitrogens with zero attached hydrogens (tertiary/aromatic N) is 3. The first-order valence-electron chi connectivity index (χ1n) is 9.12. The van der Waals surface area contributed by atoms with Gasteiger partial charge >= 0.3 is 0 Å². The van der Waals surface area contributed by atoms with E-state index in [1.165, 1.54) is 25.7 Å². The van der Waals surface area contributed by atoms with Crippen LogP contribution >= 0.6 is 0 Å². The molecule has 1 saturated heterocycles. The summed E-state index contributed by atoms with van der Waals surface area (Å²) in [6.45, 7) is 2.26. The van der Waals surface area contributed by atoms with Gasteiger partial charge in [-0.3, -0.25) is 4.79 Å². The van der Waals surface area contributed by atoms with Crippen LogP contribution in [-0.2, 0) is 4.79 Å². The Kier molecular flexibility index (Phi) is 5.32. The van der Waals surface area contributed by atoms with Crippen LogP contribution < -0.4 is 5.32 Å². The van der Waals surface area contributed by atoms with E-state index in [2.05, 4.69) is 26.4 Å². The molecule has 2 fully saturated rings. The molecular formula is C18H28N4O. The molecule has 1 saturated carbocycles. The quantitative estimate of drug-likeness (QED) is 0.734. The van der Waals surface area contributed by atoms with Crippen LogP contribution in [0.25, 0.3) is 0 Å². The molecule has 0 unspecified atom stereocenters. The molecule has 0 atom stereocenters.